The van der Waals surface area contributed by atoms with Crippen LogP contribution in [0.4, 0.5) is 5.69 Å². The summed E-state index contributed by atoms with van der Waals surface area (Å²) in [6, 6.07) is 8.51. The van der Waals surface area contributed by atoms with Crippen molar-refractivity contribution in [1.29, 1.82) is 0 Å². The highest BCUT2D eigenvalue weighted by atomic mass is 32.1. The average Bonchev–Trinajstić information content (AvgIpc) is 2.46. The Hall–Kier alpha value is -1.13. The number of rotatable bonds is 4. The molecule has 0 radical (unpaired) electrons. The number of benzene rings is 1. The lowest BCUT2D eigenvalue weighted by Crippen LogP contribution is -2.40. The molecule has 1 atom stereocenters. The summed E-state index contributed by atoms with van der Waals surface area (Å²) in [7, 11) is 2.19. The smallest absolute Gasteiger partial charge is 0.170 e. The standard InChI is InChI=1S/C17H27N3S/c1-13(2)15-6-8-16(9-7-15)19-17(21)18-11-14-5-4-10-20(3)12-14/h6-9,13-14H,4-5,10-12H2,1-3H3,(H2,18,19,21). The molecule has 1 aromatic rings. The van der Waals surface area contributed by atoms with Gasteiger partial charge in [0.15, 0.2) is 5.11 Å². The Balaban J connectivity index is 1.76. The molecule has 1 aromatic carbocycles. The lowest BCUT2D eigenvalue weighted by Gasteiger charge is -2.30. The molecule has 0 saturated carbocycles. The van der Waals surface area contributed by atoms with E-state index in [1.54, 1.807) is 0 Å². The highest BCUT2D eigenvalue weighted by Crippen LogP contribution is 2.17. The van der Waals surface area contributed by atoms with Crippen molar-refractivity contribution < 1.29 is 0 Å². The predicted molar refractivity (Wildman–Crippen MR) is 95.0 cm³/mol. The van der Waals surface area contributed by atoms with E-state index in [0.29, 0.717) is 11.8 Å². The van der Waals surface area contributed by atoms with Crippen molar-refractivity contribution in [2.45, 2.75) is 32.6 Å². The van der Waals surface area contributed by atoms with Gasteiger partial charge in [0.1, 0.15) is 0 Å². The molecule has 21 heavy (non-hydrogen) atoms. The van der Waals surface area contributed by atoms with E-state index in [1.807, 2.05) is 0 Å². The Kier molecular flexibility index (Phi) is 6.00. The molecule has 116 valence electrons. The van der Waals surface area contributed by atoms with Crippen molar-refractivity contribution in [2.24, 2.45) is 5.92 Å². The van der Waals surface area contributed by atoms with E-state index < -0.39 is 0 Å². The summed E-state index contributed by atoms with van der Waals surface area (Å²) in [5.74, 6) is 1.26. The molecule has 1 aliphatic heterocycles. The number of likely N-dealkylation sites (tertiary alicyclic amines) is 1. The van der Waals surface area contributed by atoms with Crippen LogP contribution in [0.3, 0.4) is 0 Å². The fourth-order valence-electron chi connectivity index (χ4n) is 2.80. The highest BCUT2D eigenvalue weighted by Gasteiger charge is 2.16. The van der Waals surface area contributed by atoms with Crippen LogP contribution in [-0.4, -0.2) is 36.7 Å². The molecule has 1 aliphatic rings. The maximum atomic E-state index is 5.38. The highest BCUT2D eigenvalue weighted by molar-refractivity contribution is 7.80. The minimum Gasteiger partial charge on any atom is -0.362 e. The van der Waals surface area contributed by atoms with Gasteiger partial charge in [-0.2, -0.15) is 0 Å². The molecule has 4 heteroatoms. The third kappa shape index (κ3) is 5.29. The summed E-state index contributed by atoms with van der Waals surface area (Å²) in [6.45, 7) is 7.76. The first-order chi connectivity index (χ1) is 10.0. The second kappa shape index (κ2) is 7.76. The maximum absolute atomic E-state index is 5.38. The zero-order chi connectivity index (χ0) is 15.2. The summed E-state index contributed by atoms with van der Waals surface area (Å²) in [6.07, 6.45) is 2.59. The molecule has 0 amide bonds. The molecule has 0 bridgehead atoms. The van der Waals surface area contributed by atoms with Crippen LogP contribution in [0.2, 0.25) is 0 Å². The quantitative estimate of drug-likeness (QED) is 0.833. The van der Waals surface area contributed by atoms with Crippen LogP contribution >= 0.6 is 12.2 Å². The van der Waals surface area contributed by atoms with E-state index in [9.17, 15) is 0 Å². The molecule has 1 unspecified atom stereocenters. The van der Waals surface area contributed by atoms with Crippen molar-refractivity contribution in [3.8, 4) is 0 Å². The SMILES string of the molecule is CC(C)c1ccc(NC(=S)NCC2CCCN(C)C2)cc1. The minimum atomic E-state index is 0.562. The Morgan fingerprint density at radius 1 is 1.33 bits per heavy atom. The molecule has 2 rings (SSSR count). The molecular formula is C17H27N3S. The molecular weight excluding hydrogens is 278 g/mol. The van der Waals surface area contributed by atoms with Gasteiger partial charge >= 0.3 is 0 Å². The van der Waals surface area contributed by atoms with E-state index in [-0.39, 0.29) is 0 Å². The number of piperidine rings is 1. The van der Waals surface area contributed by atoms with Crippen LogP contribution in [0.25, 0.3) is 0 Å². The first kappa shape index (κ1) is 16.2. The minimum absolute atomic E-state index is 0.562. The van der Waals surface area contributed by atoms with Gasteiger partial charge in [-0.25, -0.2) is 0 Å². The van der Waals surface area contributed by atoms with Crippen molar-refractivity contribution >= 4 is 23.0 Å². The van der Waals surface area contributed by atoms with Crippen molar-refractivity contribution in [3.05, 3.63) is 29.8 Å². The Labute approximate surface area is 134 Å². The van der Waals surface area contributed by atoms with Crippen LogP contribution < -0.4 is 10.6 Å². The van der Waals surface area contributed by atoms with Crippen LogP contribution in [-0.2, 0) is 0 Å². The lowest BCUT2D eigenvalue weighted by molar-refractivity contribution is 0.211. The van der Waals surface area contributed by atoms with E-state index in [0.717, 1.165) is 17.3 Å². The fourth-order valence-corrected chi connectivity index (χ4v) is 3.00. The molecule has 1 saturated heterocycles. The van der Waals surface area contributed by atoms with Gasteiger partial charge in [-0.05, 0) is 68.2 Å². The van der Waals surface area contributed by atoms with Gasteiger partial charge in [0, 0.05) is 18.8 Å². The van der Waals surface area contributed by atoms with Gasteiger partial charge < -0.3 is 15.5 Å². The molecule has 1 fully saturated rings. The van der Waals surface area contributed by atoms with Crippen LogP contribution in [0.5, 0.6) is 0 Å². The third-order valence-corrected chi connectivity index (χ3v) is 4.35. The monoisotopic (exact) mass is 305 g/mol. The van der Waals surface area contributed by atoms with Gasteiger partial charge in [-0.15, -0.1) is 0 Å². The number of nitrogens with zero attached hydrogens (tertiary/aromatic N) is 1. The van der Waals surface area contributed by atoms with Gasteiger partial charge in [0.05, 0.1) is 0 Å². The molecule has 0 spiro atoms. The Morgan fingerprint density at radius 3 is 2.67 bits per heavy atom. The lowest BCUT2D eigenvalue weighted by atomic mass is 9.99. The van der Waals surface area contributed by atoms with Gasteiger partial charge in [-0.1, -0.05) is 26.0 Å². The van der Waals surface area contributed by atoms with Crippen molar-refractivity contribution in [2.75, 3.05) is 32.0 Å². The van der Waals surface area contributed by atoms with E-state index >= 15 is 0 Å². The van der Waals surface area contributed by atoms with Crippen LogP contribution in [0, 0.1) is 5.92 Å². The Bertz CT molecular complexity index is 456. The predicted octanol–water partition coefficient (Wildman–Crippen LogP) is 3.44. The maximum Gasteiger partial charge on any atom is 0.170 e. The summed E-state index contributed by atoms with van der Waals surface area (Å²) in [4.78, 5) is 2.40. The zero-order valence-corrected chi connectivity index (χ0v) is 14.2. The summed E-state index contributed by atoms with van der Waals surface area (Å²) < 4.78 is 0. The second-order valence-corrected chi connectivity index (χ2v) is 6.79. The van der Waals surface area contributed by atoms with Gasteiger partial charge in [0.2, 0.25) is 0 Å². The first-order valence-electron chi connectivity index (χ1n) is 7.88. The van der Waals surface area contributed by atoms with Crippen LogP contribution in [0.1, 0.15) is 38.2 Å². The third-order valence-electron chi connectivity index (χ3n) is 4.11. The average molecular weight is 305 g/mol. The van der Waals surface area contributed by atoms with E-state index in [4.69, 9.17) is 12.2 Å². The molecule has 3 nitrogen and oxygen atoms in total. The number of hydrogen-bond donors (Lipinski definition) is 2. The molecule has 0 aromatic heterocycles. The van der Waals surface area contributed by atoms with E-state index in [1.165, 1.54) is 31.5 Å². The normalized spacial score (nSPS) is 19.5. The first-order valence-corrected chi connectivity index (χ1v) is 8.29. The van der Waals surface area contributed by atoms with Crippen molar-refractivity contribution in [1.82, 2.24) is 10.2 Å². The largest absolute Gasteiger partial charge is 0.362 e. The zero-order valence-electron chi connectivity index (χ0n) is 13.4. The molecule has 0 aliphatic carbocycles. The topological polar surface area (TPSA) is 27.3 Å². The molecule has 2 N–H and O–H groups in total. The number of thiocarbonyl (C=S) groups is 1. The summed E-state index contributed by atoms with van der Waals surface area (Å²) >= 11 is 5.38. The second-order valence-electron chi connectivity index (χ2n) is 6.38. The Morgan fingerprint density at radius 2 is 2.05 bits per heavy atom. The van der Waals surface area contributed by atoms with Crippen molar-refractivity contribution in [3.63, 3.8) is 0 Å². The van der Waals surface area contributed by atoms with Crippen LogP contribution in [0.15, 0.2) is 24.3 Å². The van der Waals surface area contributed by atoms with Gasteiger partial charge in [-0.3, -0.25) is 0 Å². The fraction of sp³-hybridized carbons (Fsp3) is 0.588. The summed E-state index contributed by atoms with van der Waals surface area (Å²) in [5, 5.41) is 7.34. The van der Waals surface area contributed by atoms with Gasteiger partial charge in [0.25, 0.3) is 0 Å². The number of anilines is 1. The number of nitrogens with one attached hydrogen (secondary N) is 2. The molecule has 1 heterocycles. The summed E-state index contributed by atoms with van der Waals surface area (Å²) in [5.41, 5.74) is 2.40. The van der Waals surface area contributed by atoms with E-state index in [2.05, 4.69) is 60.7 Å². The number of hydrogen-bond acceptors (Lipinski definition) is 2.